The number of aromatic nitrogens is 2. The number of carbonyl (C=O) groups is 1. The van der Waals surface area contributed by atoms with E-state index in [-0.39, 0.29) is 17.1 Å². The molecule has 0 aliphatic heterocycles. The van der Waals surface area contributed by atoms with Gasteiger partial charge in [0, 0.05) is 33.1 Å². The fourth-order valence-corrected chi connectivity index (χ4v) is 2.41. The fraction of sp³-hybridized carbons (Fsp3) is 0.467. The van der Waals surface area contributed by atoms with Crippen LogP contribution in [0.5, 0.6) is 0 Å². The van der Waals surface area contributed by atoms with Crippen LogP contribution in [0.4, 0.5) is 4.39 Å². The lowest BCUT2D eigenvalue weighted by molar-refractivity contribution is -0.128. The Labute approximate surface area is 128 Å². The molecule has 2 aromatic rings. The summed E-state index contributed by atoms with van der Waals surface area (Å²) in [4.78, 5) is 17.7. The first-order valence-corrected chi connectivity index (χ1v) is 7.25. The maximum atomic E-state index is 13.7. The summed E-state index contributed by atoms with van der Waals surface area (Å²) in [5, 5.41) is -0.310. The van der Waals surface area contributed by atoms with E-state index >= 15 is 0 Å². The first-order valence-electron chi connectivity index (χ1n) is 6.81. The zero-order valence-corrected chi connectivity index (χ0v) is 13.4. The average molecular weight is 312 g/mol. The van der Waals surface area contributed by atoms with Crippen molar-refractivity contribution < 1.29 is 9.18 Å². The van der Waals surface area contributed by atoms with E-state index < -0.39 is 0 Å². The standard InChI is InChI=1S/C15H19ClFN3O/c1-9-7-13-12(8-11(9)17)18-15(10(2)16)20(13)6-5-14(21)19(3)4/h7-8,10H,5-6H2,1-4H3. The number of nitrogens with zero attached hydrogens (tertiary/aromatic N) is 3. The fourth-order valence-electron chi connectivity index (χ4n) is 2.24. The van der Waals surface area contributed by atoms with E-state index in [1.807, 2.05) is 11.5 Å². The molecule has 6 heteroatoms. The summed E-state index contributed by atoms with van der Waals surface area (Å²) in [6, 6.07) is 3.16. The molecule has 0 bridgehead atoms. The minimum atomic E-state index is -0.310. The van der Waals surface area contributed by atoms with Gasteiger partial charge in [-0.1, -0.05) is 0 Å². The highest BCUT2D eigenvalue weighted by atomic mass is 35.5. The van der Waals surface area contributed by atoms with Crippen LogP contribution < -0.4 is 0 Å². The maximum Gasteiger partial charge on any atom is 0.223 e. The number of rotatable bonds is 4. The predicted octanol–water partition coefficient (Wildman–Crippen LogP) is 3.26. The minimum absolute atomic E-state index is 0.0314. The Kier molecular flexibility index (Phi) is 4.52. The molecule has 0 saturated carbocycles. The lowest BCUT2D eigenvalue weighted by atomic mass is 10.2. The molecule has 114 valence electrons. The number of hydrogen-bond acceptors (Lipinski definition) is 2. The SMILES string of the molecule is Cc1cc2c(cc1F)nc(C(C)Cl)n2CCC(=O)N(C)C. The van der Waals surface area contributed by atoms with Gasteiger partial charge in [0.25, 0.3) is 0 Å². The summed E-state index contributed by atoms with van der Waals surface area (Å²) in [7, 11) is 3.44. The van der Waals surface area contributed by atoms with E-state index in [0.717, 1.165) is 5.52 Å². The van der Waals surface area contributed by atoms with Crippen LogP contribution in [-0.2, 0) is 11.3 Å². The van der Waals surface area contributed by atoms with Crippen LogP contribution in [0.3, 0.4) is 0 Å². The van der Waals surface area contributed by atoms with Gasteiger partial charge in [0.2, 0.25) is 5.91 Å². The maximum absolute atomic E-state index is 13.7. The number of hydrogen-bond donors (Lipinski definition) is 0. The number of benzene rings is 1. The molecular weight excluding hydrogens is 293 g/mol. The molecule has 1 amide bonds. The number of imidazole rings is 1. The zero-order chi connectivity index (χ0) is 15.7. The number of halogens is 2. The summed E-state index contributed by atoms with van der Waals surface area (Å²) in [6.45, 7) is 4.00. The van der Waals surface area contributed by atoms with E-state index in [2.05, 4.69) is 4.98 Å². The molecule has 1 aromatic carbocycles. The van der Waals surface area contributed by atoms with Gasteiger partial charge < -0.3 is 9.47 Å². The number of aryl methyl sites for hydroxylation is 2. The highest BCUT2D eigenvalue weighted by Gasteiger charge is 2.17. The van der Waals surface area contributed by atoms with Gasteiger partial charge in [0.15, 0.2) is 0 Å². The molecule has 0 saturated heterocycles. The molecular formula is C15H19ClFN3O. The summed E-state index contributed by atoms with van der Waals surface area (Å²) < 4.78 is 15.6. The largest absolute Gasteiger partial charge is 0.349 e. The van der Waals surface area contributed by atoms with Gasteiger partial charge >= 0.3 is 0 Å². The van der Waals surface area contributed by atoms with Crippen LogP contribution in [0.1, 0.15) is 30.1 Å². The van der Waals surface area contributed by atoms with Crippen LogP contribution in [-0.4, -0.2) is 34.5 Å². The smallest absolute Gasteiger partial charge is 0.223 e. The minimum Gasteiger partial charge on any atom is -0.349 e. The van der Waals surface area contributed by atoms with Crippen molar-refractivity contribution in [2.75, 3.05) is 14.1 Å². The van der Waals surface area contributed by atoms with Crippen molar-refractivity contribution in [1.29, 1.82) is 0 Å². The first kappa shape index (κ1) is 15.8. The van der Waals surface area contributed by atoms with Crippen molar-refractivity contribution in [3.8, 4) is 0 Å². The van der Waals surface area contributed by atoms with Crippen LogP contribution >= 0.6 is 11.6 Å². The average Bonchev–Trinajstić information content (AvgIpc) is 2.74. The molecule has 0 fully saturated rings. The third-order valence-corrected chi connectivity index (χ3v) is 3.66. The van der Waals surface area contributed by atoms with Crippen LogP contribution in [0.2, 0.25) is 0 Å². The Balaban J connectivity index is 2.46. The van der Waals surface area contributed by atoms with E-state index in [9.17, 15) is 9.18 Å². The lowest BCUT2D eigenvalue weighted by Crippen LogP contribution is -2.23. The van der Waals surface area contributed by atoms with Gasteiger partial charge in [-0.2, -0.15) is 0 Å². The quantitative estimate of drug-likeness (QED) is 0.813. The first-order chi connectivity index (χ1) is 9.81. The Morgan fingerprint density at radius 1 is 1.48 bits per heavy atom. The van der Waals surface area contributed by atoms with Gasteiger partial charge in [-0.3, -0.25) is 4.79 Å². The second kappa shape index (κ2) is 6.02. The Morgan fingerprint density at radius 3 is 2.71 bits per heavy atom. The van der Waals surface area contributed by atoms with Crippen molar-refractivity contribution in [3.05, 3.63) is 29.3 Å². The molecule has 0 N–H and O–H groups in total. The number of amides is 1. The highest BCUT2D eigenvalue weighted by Crippen LogP contribution is 2.26. The molecule has 21 heavy (non-hydrogen) atoms. The summed E-state index contributed by atoms with van der Waals surface area (Å²) in [5.74, 6) is 0.400. The third-order valence-electron chi connectivity index (χ3n) is 3.46. The molecule has 2 rings (SSSR count). The van der Waals surface area contributed by atoms with Crippen molar-refractivity contribution in [2.24, 2.45) is 0 Å². The monoisotopic (exact) mass is 311 g/mol. The van der Waals surface area contributed by atoms with E-state index in [1.54, 1.807) is 32.0 Å². The Hall–Kier alpha value is -1.62. The molecule has 0 radical (unpaired) electrons. The molecule has 1 unspecified atom stereocenters. The Bertz CT molecular complexity index is 679. The molecule has 1 heterocycles. The van der Waals surface area contributed by atoms with Crippen LogP contribution in [0, 0.1) is 12.7 Å². The van der Waals surface area contributed by atoms with E-state index in [1.165, 1.54) is 6.07 Å². The van der Waals surface area contributed by atoms with Gasteiger partial charge in [0.1, 0.15) is 11.6 Å². The molecule has 1 aromatic heterocycles. The normalized spacial score (nSPS) is 12.7. The molecule has 0 aliphatic rings. The van der Waals surface area contributed by atoms with Crippen molar-refractivity contribution in [2.45, 2.75) is 32.2 Å². The third kappa shape index (κ3) is 3.18. The van der Waals surface area contributed by atoms with E-state index in [4.69, 9.17) is 11.6 Å². The summed E-state index contributed by atoms with van der Waals surface area (Å²) >= 11 is 6.16. The van der Waals surface area contributed by atoms with Gasteiger partial charge in [0.05, 0.1) is 16.4 Å². The second-order valence-corrected chi connectivity index (χ2v) is 6.02. The molecule has 4 nitrogen and oxygen atoms in total. The number of alkyl halides is 1. The van der Waals surface area contributed by atoms with E-state index in [0.29, 0.717) is 29.9 Å². The lowest BCUT2D eigenvalue weighted by Gasteiger charge is -2.13. The van der Waals surface area contributed by atoms with Crippen molar-refractivity contribution in [1.82, 2.24) is 14.5 Å². The highest BCUT2D eigenvalue weighted by molar-refractivity contribution is 6.20. The Morgan fingerprint density at radius 2 is 2.14 bits per heavy atom. The summed E-state index contributed by atoms with van der Waals surface area (Å²) in [5.41, 5.74) is 1.93. The summed E-state index contributed by atoms with van der Waals surface area (Å²) in [6.07, 6.45) is 0.353. The van der Waals surface area contributed by atoms with Crippen LogP contribution in [0.25, 0.3) is 11.0 Å². The zero-order valence-electron chi connectivity index (χ0n) is 12.7. The van der Waals surface area contributed by atoms with Gasteiger partial charge in [-0.05, 0) is 25.5 Å². The topological polar surface area (TPSA) is 38.1 Å². The van der Waals surface area contributed by atoms with Crippen molar-refractivity contribution in [3.63, 3.8) is 0 Å². The van der Waals surface area contributed by atoms with Gasteiger partial charge in [-0.25, -0.2) is 9.37 Å². The van der Waals surface area contributed by atoms with Crippen molar-refractivity contribution >= 4 is 28.5 Å². The molecule has 1 atom stereocenters. The molecule has 0 aliphatic carbocycles. The second-order valence-electron chi connectivity index (χ2n) is 5.37. The molecule has 0 spiro atoms. The number of carbonyl (C=O) groups excluding carboxylic acids is 1. The predicted molar refractivity (Wildman–Crippen MR) is 82.0 cm³/mol. The van der Waals surface area contributed by atoms with Gasteiger partial charge in [-0.15, -0.1) is 11.6 Å². The number of fused-ring (bicyclic) bond motifs is 1. The van der Waals surface area contributed by atoms with Crippen LogP contribution in [0.15, 0.2) is 12.1 Å².